The number of rotatable bonds is 3. The largest absolute Gasteiger partial charge is 0.381 e. The Morgan fingerprint density at radius 2 is 2.40 bits per heavy atom. The Morgan fingerprint density at radius 1 is 1.60 bits per heavy atom. The minimum absolute atomic E-state index is 0.352. The van der Waals surface area contributed by atoms with Gasteiger partial charge in [-0.25, -0.2) is 0 Å². The Balaban J connectivity index is 2.34. The molecule has 0 aliphatic heterocycles. The van der Waals surface area contributed by atoms with Gasteiger partial charge in [-0.15, -0.1) is 0 Å². The minimum atomic E-state index is 0.352. The second-order valence-electron chi connectivity index (χ2n) is 2.87. The summed E-state index contributed by atoms with van der Waals surface area (Å²) in [5.41, 5.74) is 0. The lowest BCUT2D eigenvalue weighted by molar-refractivity contribution is -0.109. The first kappa shape index (κ1) is 7.73. The SMILES string of the molecule is COC1CCCC1CC=O. The van der Waals surface area contributed by atoms with Crippen molar-refractivity contribution in [3.05, 3.63) is 0 Å². The van der Waals surface area contributed by atoms with Crippen LogP contribution in [0, 0.1) is 5.92 Å². The lowest BCUT2D eigenvalue weighted by atomic mass is 10.0. The van der Waals surface area contributed by atoms with Crippen LogP contribution < -0.4 is 0 Å². The average molecular weight is 142 g/mol. The lowest BCUT2D eigenvalue weighted by Gasteiger charge is -2.14. The van der Waals surface area contributed by atoms with Gasteiger partial charge in [-0.2, -0.15) is 0 Å². The molecule has 1 saturated carbocycles. The fourth-order valence-electron chi connectivity index (χ4n) is 1.71. The van der Waals surface area contributed by atoms with Crippen molar-refractivity contribution in [2.75, 3.05) is 7.11 Å². The van der Waals surface area contributed by atoms with Gasteiger partial charge in [0.15, 0.2) is 0 Å². The van der Waals surface area contributed by atoms with Crippen LogP contribution in [0.15, 0.2) is 0 Å². The highest BCUT2D eigenvalue weighted by Gasteiger charge is 2.26. The van der Waals surface area contributed by atoms with Crippen LogP contribution in [-0.4, -0.2) is 19.5 Å². The molecule has 10 heavy (non-hydrogen) atoms. The van der Waals surface area contributed by atoms with E-state index in [4.69, 9.17) is 4.74 Å². The maximum absolute atomic E-state index is 10.2. The fraction of sp³-hybridized carbons (Fsp3) is 0.875. The first-order chi connectivity index (χ1) is 4.88. The number of hydrogen-bond acceptors (Lipinski definition) is 2. The zero-order chi connectivity index (χ0) is 7.40. The van der Waals surface area contributed by atoms with Gasteiger partial charge in [0.25, 0.3) is 0 Å². The second kappa shape index (κ2) is 3.71. The highest BCUT2D eigenvalue weighted by atomic mass is 16.5. The molecule has 2 nitrogen and oxygen atoms in total. The standard InChI is InChI=1S/C8H14O2/c1-10-8-4-2-3-7(8)5-6-9/h6-8H,2-5H2,1H3. The Kier molecular flexibility index (Phi) is 2.87. The molecule has 0 N–H and O–H groups in total. The monoisotopic (exact) mass is 142 g/mol. The molecule has 0 bridgehead atoms. The van der Waals surface area contributed by atoms with Gasteiger partial charge in [0.1, 0.15) is 6.29 Å². The van der Waals surface area contributed by atoms with Gasteiger partial charge < -0.3 is 9.53 Å². The van der Waals surface area contributed by atoms with Crippen LogP contribution in [0.3, 0.4) is 0 Å². The van der Waals surface area contributed by atoms with E-state index in [0.717, 1.165) is 19.1 Å². The summed E-state index contributed by atoms with van der Waals surface area (Å²) in [6, 6.07) is 0. The smallest absolute Gasteiger partial charge is 0.120 e. The van der Waals surface area contributed by atoms with Gasteiger partial charge in [0.2, 0.25) is 0 Å². The predicted octanol–water partition coefficient (Wildman–Crippen LogP) is 1.39. The van der Waals surface area contributed by atoms with Gasteiger partial charge in [-0.1, -0.05) is 6.42 Å². The Hall–Kier alpha value is -0.370. The third-order valence-electron chi connectivity index (χ3n) is 2.29. The number of carbonyl (C=O) groups excluding carboxylic acids is 1. The van der Waals surface area contributed by atoms with Gasteiger partial charge in [-0.3, -0.25) is 0 Å². The normalized spacial score (nSPS) is 32.5. The molecule has 0 aromatic carbocycles. The maximum Gasteiger partial charge on any atom is 0.120 e. The Labute approximate surface area is 61.6 Å². The molecule has 0 spiro atoms. The van der Waals surface area contributed by atoms with Crippen LogP contribution in [0.2, 0.25) is 0 Å². The van der Waals surface area contributed by atoms with E-state index in [1.165, 1.54) is 6.42 Å². The molecule has 2 heteroatoms. The van der Waals surface area contributed by atoms with E-state index < -0.39 is 0 Å². The van der Waals surface area contributed by atoms with Crippen LogP contribution in [0.25, 0.3) is 0 Å². The molecule has 0 heterocycles. The molecule has 0 amide bonds. The molecule has 0 saturated heterocycles. The van der Waals surface area contributed by atoms with Gasteiger partial charge in [-0.05, 0) is 18.8 Å². The fourth-order valence-corrected chi connectivity index (χ4v) is 1.71. The molecule has 0 aromatic rings. The van der Waals surface area contributed by atoms with Gasteiger partial charge >= 0.3 is 0 Å². The molecule has 1 rings (SSSR count). The third-order valence-corrected chi connectivity index (χ3v) is 2.29. The van der Waals surface area contributed by atoms with Crippen LogP contribution in [0.1, 0.15) is 25.7 Å². The number of carbonyl (C=O) groups is 1. The zero-order valence-corrected chi connectivity index (χ0v) is 6.38. The van der Waals surface area contributed by atoms with Crippen LogP contribution in [-0.2, 0) is 9.53 Å². The molecule has 2 atom stereocenters. The van der Waals surface area contributed by atoms with Crippen molar-refractivity contribution in [2.24, 2.45) is 5.92 Å². The maximum atomic E-state index is 10.2. The predicted molar refractivity (Wildman–Crippen MR) is 38.8 cm³/mol. The number of methoxy groups -OCH3 is 1. The second-order valence-corrected chi connectivity index (χ2v) is 2.87. The van der Waals surface area contributed by atoms with Crippen molar-refractivity contribution >= 4 is 6.29 Å². The van der Waals surface area contributed by atoms with E-state index in [-0.39, 0.29) is 0 Å². The summed E-state index contributed by atoms with van der Waals surface area (Å²) in [6.07, 6.45) is 5.55. The van der Waals surface area contributed by atoms with Crippen LogP contribution in [0.4, 0.5) is 0 Å². The summed E-state index contributed by atoms with van der Waals surface area (Å²) in [5.74, 6) is 0.502. The summed E-state index contributed by atoms with van der Waals surface area (Å²) in [6.45, 7) is 0. The van der Waals surface area contributed by atoms with Crippen molar-refractivity contribution in [1.29, 1.82) is 0 Å². The van der Waals surface area contributed by atoms with E-state index in [0.29, 0.717) is 18.4 Å². The van der Waals surface area contributed by atoms with E-state index in [2.05, 4.69) is 0 Å². The Bertz CT molecular complexity index is 112. The summed E-state index contributed by atoms with van der Waals surface area (Å²) in [4.78, 5) is 10.2. The van der Waals surface area contributed by atoms with E-state index >= 15 is 0 Å². The van der Waals surface area contributed by atoms with E-state index in [1.807, 2.05) is 0 Å². The number of hydrogen-bond donors (Lipinski definition) is 0. The number of aldehydes is 1. The van der Waals surface area contributed by atoms with Crippen molar-refractivity contribution < 1.29 is 9.53 Å². The molecule has 1 fully saturated rings. The quantitative estimate of drug-likeness (QED) is 0.556. The average Bonchev–Trinajstić information content (AvgIpc) is 2.36. The van der Waals surface area contributed by atoms with Crippen LogP contribution >= 0.6 is 0 Å². The topological polar surface area (TPSA) is 26.3 Å². The molecule has 1 aliphatic rings. The molecule has 58 valence electrons. The van der Waals surface area contributed by atoms with Crippen LogP contribution in [0.5, 0.6) is 0 Å². The highest BCUT2D eigenvalue weighted by Crippen LogP contribution is 2.29. The summed E-state index contributed by atoms with van der Waals surface area (Å²) in [7, 11) is 1.73. The minimum Gasteiger partial charge on any atom is -0.381 e. The zero-order valence-electron chi connectivity index (χ0n) is 6.38. The summed E-state index contributed by atoms with van der Waals surface area (Å²) >= 11 is 0. The molecular weight excluding hydrogens is 128 g/mol. The first-order valence-corrected chi connectivity index (χ1v) is 3.85. The highest BCUT2D eigenvalue weighted by molar-refractivity contribution is 5.49. The van der Waals surface area contributed by atoms with Gasteiger partial charge in [0, 0.05) is 13.5 Å². The Morgan fingerprint density at radius 3 is 3.00 bits per heavy atom. The van der Waals surface area contributed by atoms with Crippen molar-refractivity contribution in [3.63, 3.8) is 0 Å². The van der Waals surface area contributed by atoms with E-state index in [9.17, 15) is 4.79 Å². The summed E-state index contributed by atoms with van der Waals surface area (Å²) < 4.78 is 5.22. The molecule has 0 radical (unpaired) electrons. The molecule has 1 aliphatic carbocycles. The van der Waals surface area contributed by atoms with Crippen molar-refractivity contribution in [3.8, 4) is 0 Å². The van der Waals surface area contributed by atoms with Crippen molar-refractivity contribution in [1.82, 2.24) is 0 Å². The first-order valence-electron chi connectivity index (χ1n) is 3.85. The summed E-state index contributed by atoms with van der Waals surface area (Å²) in [5, 5.41) is 0. The molecule has 0 aromatic heterocycles. The van der Waals surface area contributed by atoms with E-state index in [1.54, 1.807) is 7.11 Å². The lowest BCUT2D eigenvalue weighted by Crippen LogP contribution is -2.16. The molecule has 2 unspecified atom stereocenters. The molecular formula is C8H14O2. The van der Waals surface area contributed by atoms with Crippen molar-refractivity contribution in [2.45, 2.75) is 31.8 Å². The third kappa shape index (κ3) is 1.57. The van der Waals surface area contributed by atoms with Gasteiger partial charge in [0.05, 0.1) is 6.10 Å². The number of ether oxygens (including phenoxy) is 1.